The minimum Gasteiger partial charge on any atom is -0.507 e. The smallest absolute Gasteiger partial charge is 0.348 e. The zero-order chi connectivity index (χ0) is 24.1. The van der Waals surface area contributed by atoms with Gasteiger partial charge in [0.1, 0.15) is 5.75 Å². The van der Waals surface area contributed by atoms with Gasteiger partial charge in [0.25, 0.3) is 10.8 Å². The molecular formula is C17H19N5O9S. The molecule has 1 atom stereocenters. The number of amides is 3. The van der Waals surface area contributed by atoms with Gasteiger partial charge in [-0.25, -0.2) is 9.69 Å². The number of rotatable bonds is 10. The molecule has 1 aromatic rings. The van der Waals surface area contributed by atoms with Crippen LogP contribution in [0.2, 0.25) is 0 Å². The number of carboxylic acid groups (broad SMARTS) is 1. The summed E-state index contributed by atoms with van der Waals surface area (Å²) in [6.45, 7) is -0.0839. The number of imide groups is 1. The highest BCUT2D eigenvalue weighted by Crippen LogP contribution is 2.33. The third-order valence-corrected chi connectivity index (χ3v) is 6.20. The lowest BCUT2D eigenvalue weighted by Crippen LogP contribution is -2.61. The van der Waals surface area contributed by atoms with Crippen molar-refractivity contribution >= 4 is 39.5 Å². The van der Waals surface area contributed by atoms with E-state index in [4.69, 9.17) is 5.53 Å². The summed E-state index contributed by atoms with van der Waals surface area (Å²) in [6.07, 6.45) is -1.72. The zero-order valence-electron chi connectivity index (χ0n) is 16.5. The Labute approximate surface area is 181 Å². The first-order valence-electron chi connectivity index (χ1n) is 9.18. The largest absolute Gasteiger partial charge is 0.507 e. The highest BCUT2D eigenvalue weighted by molar-refractivity contribution is 7.88. The van der Waals surface area contributed by atoms with Crippen molar-refractivity contribution in [3.05, 3.63) is 34.2 Å². The SMILES string of the molecule is [N-]=[N+]=Nc1ccc(C(=O)NCCCCC(C(=O)O)(N2C(=O)CCC2=O)S(=O)(=O)O)c(O)c1. The van der Waals surface area contributed by atoms with Crippen LogP contribution in [0.4, 0.5) is 5.69 Å². The lowest BCUT2D eigenvalue weighted by atomic mass is 10.1. The Morgan fingerprint density at radius 3 is 2.34 bits per heavy atom. The van der Waals surface area contributed by atoms with Crippen molar-refractivity contribution < 1.29 is 42.4 Å². The number of likely N-dealkylation sites (tertiary alicyclic amines) is 1. The molecule has 0 bridgehead atoms. The Balaban J connectivity index is 2.06. The molecule has 1 aliphatic rings. The molecule has 4 N–H and O–H groups in total. The Hall–Kier alpha value is -3.68. The highest BCUT2D eigenvalue weighted by Gasteiger charge is 2.60. The molecule has 0 radical (unpaired) electrons. The number of nitrogens with zero attached hydrogens (tertiary/aromatic N) is 4. The highest BCUT2D eigenvalue weighted by atomic mass is 32.2. The molecule has 1 heterocycles. The number of aliphatic carboxylic acids is 1. The molecule has 15 heteroatoms. The number of phenols is 1. The van der Waals surface area contributed by atoms with Gasteiger partial charge in [-0.1, -0.05) is 11.2 Å². The molecule has 0 spiro atoms. The number of phenolic OH excluding ortho intramolecular Hbond substituents is 1. The van der Waals surface area contributed by atoms with Crippen LogP contribution in [-0.4, -0.2) is 63.2 Å². The second kappa shape index (κ2) is 9.64. The van der Waals surface area contributed by atoms with Gasteiger partial charge in [0, 0.05) is 30.0 Å². The fraction of sp³-hybridized carbons (Fsp3) is 0.412. The number of nitrogens with one attached hydrogen (secondary N) is 1. The second-order valence-corrected chi connectivity index (χ2v) is 8.42. The number of benzene rings is 1. The third-order valence-electron chi connectivity index (χ3n) is 4.79. The summed E-state index contributed by atoms with van der Waals surface area (Å²) in [5.41, 5.74) is 8.32. The fourth-order valence-electron chi connectivity index (χ4n) is 3.26. The number of hydrogen-bond acceptors (Lipinski definition) is 8. The number of carbonyl (C=O) groups is 4. The van der Waals surface area contributed by atoms with E-state index in [1.54, 1.807) is 0 Å². The maximum Gasteiger partial charge on any atom is 0.348 e. The summed E-state index contributed by atoms with van der Waals surface area (Å²) >= 11 is 0. The molecule has 14 nitrogen and oxygen atoms in total. The number of carbonyl (C=O) groups excluding carboxylic acids is 3. The minimum atomic E-state index is -5.41. The molecule has 0 aliphatic carbocycles. The molecule has 1 saturated heterocycles. The van der Waals surface area contributed by atoms with Crippen molar-refractivity contribution in [2.24, 2.45) is 5.11 Å². The van der Waals surface area contributed by atoms with Crippen LogP contribution in [-0.2, 0) is 24.5 Å². The fourth-order valence-corrected chi connectivity index (χ4v) is 4.32. The van der Waals surface area contributed by atoms with Gasteiger partial charge in [-0.3, -0.25) is 18.9 Å². The number of aromatic hydroxyl groups is 1. The monoisotopic (exact) mass is 469 g/mol. The summed E-state index contributed by atoms with van der Waals surface area (Å²) in [4.78, 5) is 47.4. The van der Waals surface area contributed by atoms with E-state index in [9.17, 15) is 42.4 Å². The standard InChI is InChI=1S/C17H19N5O9S/c18-21-20-10-3-4-11(12(23)9-10)15(26)19-8-2-1-7-17(16(27)28,32(29,30)31)22-13(24)5-6-14(22)25/h3-4,9,23H,1-2,5-8H2,(H,19,26)(H,27,28)(H,29,30,31). The van der Waals surface area contributed by atoms with E-state index in [0.29, 0.717) is 0 Å². The first-order valence-corrected chi connectivity index (χ1v) is 10.6. The molecule has 172 valence electrons. The van der Waals surface area contributed by atoms with Crippen LogP contribution >= 0.6 is 0 Å². The second-order valence-electron chi connectivity index (χ2n) is 6.79. The van der Waals surface area contributed by atoms with Gasteiger partial charge < -0.3 is 15.5 Å². The molecule has 1 aromatic carbocycles. The molecule has 0 aromatic heterocycles. The van der Waals surface area contributed by atoms with E-state index in [1.807, 2.05) is 0 Å². The normalized spacial score (nSPS) is 15.7. The minimum absolute atomic E-state index is 0.0179. The van der Waals surface area contributed by atoms with Crippen molar-refractivity contribution in [3.63, 3.8) is 0 Å². The maximum atomic E-state index is 12.2. The van der Waals surface area contributed by atoms with Gasteiger partial charge in [-0.05, 0) is 36.9 Å². The molecule has 3 amide bonds. The van der Waals surface area contributed by atoms with Crippen LogP contribution in [0.3, 0.4) is 0 Å². The third kappa shape index (κ3) is 4.80. The van der Waals surface area contributed by atoms with E-state index < -0.39 is 50.9 Å². The Kier molecular flexibility index (Phi) is 7.40. The van der Waals surface area contributed by atoms with Crippen LogP contribution in [0, 0.1) is 0 Å². The van der Waals surface area contributed by atoms with E-state index >= 15 is 0 Å². The van der Waals surface area contributed by atoms with Crippen molar-refractivity contribution in [2.45, 2.75) is 37.0 Å². The summed E-state index contributed by atoms with van der Waals surface area (Å²) < 4.78 is 33.5. The average molecular weight is 469 g/mol. The van der Waals surface area contributed by atoms with Crippen LogP contribution in [0.25, 0.3) is 10.4 Å². The van der Waals surface area contributed by atoms with E-state index in [0.717, 1.165) is 6.07 Å². The number of carboxylic acids is 1. The van der Waals surface area contributed by atoms with E-state index in [2.05, 4.69) is 15.3 Å². The van der Waals surface area contributed by atoms with Gasteiger partial charge in [0.05, 0.1) is 5.56 Å². The van der Waals surface area contributed by atoms with Gasteiger partial charge >= 0.3 is 16.1 Å². The predicted octanol–water partition coefficient (Wildman–Crippen LogP) is 1.05. The van der Waals surface area contributed by atoms with E-state index in [1.165, 1.54) is 12.1 Å². The van der Waals surface area contributed by atoms with Crippen LogP contribution in [0.15, 0.2) is 23.3 Å². The number of hydrogen-bond donors (Lipinski definition) is 4. The van der Waals surface area contributed by atoms with Crippen LogP contribution in [0.1, 0.15) is 42.5 Å². The summed E-state index contributed by atoms with van der Waals surface area (Å²) in [7, 11) is -5.41. The summed E-state index contributed by atoms with van der Waals surface area (Å²) in [5, 5.41) is 25.1. The number of azide groups is 1. The molecule has 2 rings (SSSR count). The van der Waals surface area contributed by atoms with Gasteiger partial charge in [0.15, 0.2) is 0 Å². The molecule has 0 saturated carbocycles. The van der Waals surface area contributed by atoms with Gasteiger partial charge in [-0.15, -0.1) is 0 Å². The van der Waals surface area contributed by atoms with Crippen molar-refractivity contribution in [1.82, 2.24) is 10.2 Å². The maximum absolute atomic E-state index is 12.2. The zero-order valence-corrected chi connectivity index (χ0v) is 17.3. The van der Waals surface area contributed by atoms with Gasteiger partial charge in [0.2, 0.25) is 11.8 Å². The molecular weight excluding hydrogens is 450 g/mol. The Bertz CT molecular complexity index is 1100. The lowest BCUT2D eigenvalue weighted by Gasteiger charge is -2.33. The first kappa shape index (κ1) is 24.6. The number of unbranched alkanes of at least 4 members (excludes halogenated alkanes) is 1. The Morgan fingerprint density at radius 1 is 1.22 bits per heavy atom. The lowest BCUT2D eigenvalue weighted by molar-refractivity contribution is -0.157. The Morgan fingerprint density at radius 2 is 1.84 bits per heavy atom. The van der Waals surface area contributed by atoms with Crippen LogP contribution < -0.4 is 5.32 Å². The van der Waals surface area contributed by atoms with Crippen molar-refractivity contribution in [1.29, 1.82) is 0 Å². The average Bonchev–Trinajstić information content (AvgIpc) is 3.02. The topological polar surface area (TPSA) is 227 Å². The van der Waals surface area contributed by atoms with E-state index in [-0.39, 0.29) is 48.4 Å². The van der Waals surface area contributed by atoms with Crippen LogP contribution in [0.5, 0.6) is 5.75 Å². The predicted molar refractivity (Wildman–Crippen MR) is 106 cm³/mol. The van der Waals surface area contributed by atoms with Crippen molar-refractivity contribution in [3.8, 4) is 5.75 Å². The quantitative estimate of drug-likeness (QED) is 0.0957. The summed E-state index contributed by atoms with van der Waals surface area (Å²) in [6, 6.07) is 3.59. The molecule has 1 aliphatic heterocycles. The van der Waals surface area contributed by atoms with Gasteiger partial charge in [-0.2, -0.15) is 8.42 Å². The molecule has 1 unspecified atom stereocenters. The van der Waals surface area contributed by atoms with Crippen molar-refractivity contribution in [2.75, 3.05) is 6.54 Å². The summed E-state index contributed by atoms with van der Waals surface area (Å²) in [5.74, 6) is -5.28. The molecule has 32 heavy (non-hydrogen) atoms. The molecule has 1 fully saturated rings. The first-order chi connectivity index (χ1) is 15.0.